The number of hydrogen-bond acceptors (Lipinski definition) is 2. The molecule has 0 aliphatic carbocycles. The highest BCUT2D eigenvalue weighted by Gasteiger charge is 2.15. The summed E-state index contributed by atoms with van der Waals surface area (Å²) in [5.74, 6) is -6.03. The average molecular weight is 295 g/mol. The van der Waals surface area contributed by atoms with E-state index in [1.807, 2.05) is 5.32 Å². The first-order valence-corrected chi connectivity index (χ1v) is 5.67. The molecule has 21 heavy (non-hydrogen) atoms. The Morgan fingerprint density at radius 3 is 2.33 bits per heavy atom. The van der Waals surface area contributed by atoms with Crippen molar-refractivity contribution in [2.75, 3.05) is 5.32 Å². The molecular weight excluding hydrogens is 287 g/mol. The molecule has 0 saturated heterocycles. The van der Waals surface area contributed by atoms with Gasteiger partial charge in [-0.05, 0) is 18.2 Å². The molecule has 0 aliphatic rings. The van der Waals surface area contributed by atoms with E-state index in [2.05, 4.69) is 0 Å². The minimum Gasteiger partial charge on any atom is -0.478 e. The molecule has 0 spiro atoms. The Kier molecular flexibility index (Phi) is 3.93. The summed E-state index contributed by atoms with van der Waals surface area (Å²) in [4.78, 5) is 22.6. The number of aromatic carboxylic acids is 1. The van der Waals surface area contributed by atoms with Crippen LogP contribution in [0.15, 0.2) is 36.4 Å². The molecule has 0 fully saturated rings. The van der Waals surface area contributed by atoms with E-state index in [0.29, 0.717) is 12.1 Å². The van der Waals surface area contributed by atoms with E-state index in [0.717, 1.165) is 6.07 Å². The zero-order chi connectivity index (χ0) is 15.6. The summed E-state index contributed by atoms with van der Waals surface area (Å²) in [6.07, 6.45) is 0. The van der Waals surface area contributed by atoms with Crippen LogP contribution in [0.2, 0.25) is 0 Å². The van der Waals surface area contributed by atoms with E-state index in [4.69, 9.17) is 5.11 Å². The average Bonchev–Trinajstić information content (AvgIpc) is 2.44. The molecule has 0 heterocycles. The van der Waals surface area contributed by atoms with E-state index >= 15 is 0 Å². The molecule has 108 valence electrons. The standard InChI is InChI=1S/C14H8F3NO3/c15-9-5-10(16)12(17)11(6-9)18-13(19)7-2-1-3-8(4-7)14(20)21/h1-6H,(H,18,19)(H,20,21). The topological polar surface area (TPSA) is 66.4 Å². The first-order valence-electron chi connectivity index (χ1n) is 5.67. The summed E-state index contributed by atoms with van der Waals surface area (Å²) in [7, 11) is 0. The molecule has 4 nitrogen and oxygen atoms in total. The molecule has 1 amide bonds. The number of anilines is 1. The molecule has 2 rings (SSSR count). The minimum atomic E-state index is -1.44. The second-order valence-electron chi connectivity index (χ2n) is 4.09. The van der Waals surface area contributed by atoms with Crippen LogP contribution >= 0.6 is 0 Å². The fourth-order valence-electron chi connectivity index (χ4n) is 1.63. The second kappa shape index (κ2) is 5.66. The Morgan fingerprint density at radius 1 is 1.00 bits per heavy atom. The Bertz CT molecular complexity index is 731. The zero-order valence-corrected chi connectivity index (χ0v) is 10.4. The zero-order valence-electron chi connectivity index (χ0n) is 10.4. The van der Waals surface area contributed by atoms with Crippen LogP contribution < -0.4 is 5.32 Å². The molecule has 2 N–H and O–H groups in total. The molecule has 0 saturated carbocycles. The summed E-state index contributed by atoms with van der Waals surface area (Å²) >= 11 is 0. The minimum absolute atomic E-state index is 0.0843. The summed E-state index contributed by atoms with van der Waals surface area (Å²) in [6, 6.07) is 5.90. The van der Waals surface area contributed by atoms with Gasteiger partial charge in [0, 0.05) is 17.7 Å². The van der Waals surface area contributed by atoms with E-state index < -0.39 is 35.0 Å². The van der Waals surface area contributed by atoms with Crippen molar-refractivity contribution in [1.82, 2.24) is 0 Å². The van der Waals surface area contributed by atoms with Crippen LogP contribution in [0.25, 0.3) is 0 Å². The van der Waals surface area contributed by atoms with Crippen molar-refractivity contribution in [2.24, 2.45) is 0 Å². The predicted molar refractivity (Wildman–Crippen MR) is 67.7 cm³/mol. The number of carbonyl (C=O) groups excluding carboxylic acids is 1. The maximum absolute atomic E-state index is 13.4. The Balaban J connectivity index is 2.30. The Morgan fingerprint density at radius 2 is 1.67 bits per heavy atom. The van der Waals surface area contributed by atoms with Gasteiger partial charge in [-0.25, -0.2) is 18.0 Å². The highest BCUT2D eigenvalue weighted by molar-refractivity contribution is 6.05. The first-order chi connectivity index (χ1) is 9.88. The van der Waals surface area contributed by atoms with Crippen molar-refractivity contribution in [2.45, 2.75) is 0 Å². The predicted octanol–water partition coefficient (Wildman–Crippen LogP) is 3.05. The van der Waals surface area contributed by atoms with Gasteiger partial charge in [0.2, 0.25) is 0 Å². The lowest BCUT2D eigenvalue weighted by atomic mass is 10.1. The first kappa shape index (κ1) is 14.6. The summed E-state index contributed by atoms with van der Waals surface area (Å²) in [5, 5.41) is 10.8. The number of rotatable bonds is 3. The van der Waals surface area contributed by atoms with Gasteiger partial charge >= 0.3 is 5.97 Å². The summed E-state index contributed by atoms with van der Waals surface area (Å²) in [6.45, 7) is 0. The number of carbonyl (C=O) groups is 2. The monoisotopic (exact) mass is 295 g/mol. The molecular formula is C14H8F3NO3. The van der Waals surface area contributed by atoms with Gasteiger partial charge in [-0.3, -0.25) is 4.79 Å². The van der Waals surface area contributed by atoms with Gasteiger partial charge in [-0.15, -0.1) is 0 Å². The van der Waals surface area contributed by atoms with Crippen molar-refractivity contribution in [3.8, 4) is 0 Å². The molecule has 2 aromatic rings. The van der Waals surface area contributed by atoms with Crippen molar-refractivity contribution in [3.63, 3.8) is 0 Å². The number of benzene rings is 2. The fraction of sp³-hybridized carbons (Fsp3) is 0. The number of carboxylic acids is 1. The molecule has 0 aromatic heterocycles. The second-order valence-corrected chi connectivity index (χ2v) is 4.09. The SMILES string of the molecule is O=C(O)c1cccc(C(=O)Nc2cc(F)cc(F)c2F)c1. The normalized spacial score (nSPS) is 10.2. The third kappa shape index (κ3) is 3.19. The lowest BCUT2D eigenvalue weighted by molar-refractivity contribution is 0.0697. The fourth-order valence-corrected chi connectivity index (χ4v) is 1.63. The Labute approximate surface area is 116 Å². The number of halogens is 3. The number of amides is 1. The van der Waals surface area contributed by atoms with Crippen LogP contribution in [0, 0.1) is 17.5 Å². The maximum Gasteiger partial charge on any atom is 0.335 e. The van der Waals surface area contributed by atoms with Crippen LogP contribution in [0.4, 0.5) is 18.9 Å². The van der Waals surface area contributed by atoms with Crippen LogP contribution in [-0.2, 0) is 0 Å². The number of hydrogen-bond donors (Lipinski definition) is 2. The van der Waals surface area contributed by atoms with E-state index in [9.17, 15) is 22.8 Å². The van der Waals surface area contributed by atoms with Crippen LogP contribution in [0.5, 0.6) is 0 Å². The van der Waals surface area contributed by atoms with Gasteiger partial charge < -0.3 is 10.4 Å². The van der Waals surface area contributed by atoms with Crippen LogP contribution in [-0.4, -0.2) is 17.0 Å². The van der Waals surface area contributed by atoms with Crippen molar-refractivity contribution in [1.29, 1.82) is 0 Å². The van der Waals surface area contributed by atoms with E-state index in [1.165, 1.54) is 18.2 Å². The lowest BCUT2D eigenvalue weighted by Crippen LogP contribution is -2.14. The maximum atomic E-state index is 13.4. The molecule has 0 aliphatic heterocycles. The van der Waals surface area contributed by atoms with Gasteiger partial charge in [0.25, 0.3) is 5.91 Å². The molecule has 0 unspecified atom stereocenters. The van der Waals surface area contributed by atoms with Gasteiger partial charge in [-0.2, -0.15) is 0 Å². The smallest absolute Gasteiger partial charge is 0.335 e. The Hall–Kier alpha value is -2.83. The van der Waals surface area contributed by atoms with Crippen molar-refractivity contribution < 1.29 is 27.9 Å². The molecule has 0 atom stereocenters. The lowest BCUT2D eigenvalue weighted by Gasteiger charge is -2.07. The van der Waals surface area contributed by atoms with Gasteiger partial charge in [0.1, 0.15) is 5.82 Å². The van der Waals surface area contributed by atoms with Gasteiger partial charge in [0.05, 0.1) is 11.3 Å². The van der Waals surface area contributed by atoms with Crippen LogP contribution in [0.1, 0.15) is 20.7 Å². The number of carboxylic acid groups (broad SMARTS) is 1. The van der Waals surface area contributed by atoms with Crippen molar-refractivity contribution >= 4 is 17.6 Å². The van der Waals surface area contributed by atoms with E-state index in [-0.39, 0.29) is 11.1 Å². The van der Waals surface area contributed by atoms with Crippen molar-refractivity contribution in [3.05, 3.63) is 65.0 Å². The largest absolute Gasteiger partial charge is 0.478 e. The molecule has 0 bridgehead atoms. The molecule has 0 radical (unpaired) electrons. The molecule has 2 aromatic carbocycles. The number of nitrogens with one attached hydrogen (secondary N) is 1. The highest BCUT2D eigenvalue weighted by atomic mass is 19.2. The van der Waals surface area contributed by atoms with Gasteiger partial charge in [0.15, 0.2) is 11.6 Å². The third-order valence-corrected chi connectivity index (χ3v) is 2.61. The highest BCUT2D eigenvalue weighted by Crippen LogP contribution is 2.20. The van der Waals surface area contributed by atoms with E-state index in [1.54, 1.807) is 0 Å². The summed E-state index contributed by atoms with van der Waals surface area (Å²) < 4.78 is 39.4. The third-order valence-electron chi connectivity index (χ3n) is 2.61. The summed E-state index contributed by atoms with van der Waals surface area (Å²) in [5.41, 5.74) is -0.897. The molecule has 7 heteroatoms. The van der Waals surface area contributed by atoms with Crippen LogP contribution in [0.3, 0.4) is 0 Å². The quantitative estimate of drug-likeness (QED) is 0.855. The van der Waals surface area contributed by atoms with Gasteiger partial charge in [-0.1, -0.05) is 6.07 Å².